The van der Waals surface area contributed by atoms with Crippen molar-refractivity contribution in [3.8, 4) is 6.07 Å². The van der Waals surface area contributed by atoms with Gasteiger partial charge in [-0.15, -0.1) is 0 Å². The highest BCUT2D eigenvalue weighted by Gasteiger charge is 2.39. The Morgan fingerprint density at radius 1 is 1.06 bits per heavy atom. The first-order valence-corrected chi connectivity index (χ1v) is 11.6. The fraction of sp³-hybridized carbons (Fsp3) is 0.448. The fourth-order valence-electron chi connectivity index (χ4n) is 5.59. The minimum atomic E-state index is 0.296. The molecule has 0 bridgehead atoms. The summed E-state index contributed by atoms with van der Waals surface area (Å²) in [5.41, 5.74) is 6.15. The van der Waals surface area contributed by atoms with Crippen molar-refractivity contribution < 1.29 is 0 Å². The maximum atomic E-state index is 9.13. The van der Waals surface area contributed by atoms with Crippen molar-refractivity contribution in [1.29, 1.82) is 5.26 Å². The lowest BCUT2D eigenvalue weighted by molar-refractivity contribution is 0.0805. The molecule has 168 valence electrons. The Bertz CT molecular complexity index is 989. The van der Waals surface area contributed by atoms with Gasteiger partial charge in [0.05, 0.1) is 17.3 Å². The van der Waals surface area contributed by atoms with E-state index in [1.165, 1.54) is 23.1 Å². The normalized spacial score (nSPS) is 18.1. The number of hydrogen-bond donors (Lipinski definition) is 0. The van der Waals surface area contributed by atoms with Crippen LogP contribution in [0.3, 0.4) is 0 Å². The summed E-state index contributed by atoms with van der Waals surface area (Å²) in [7, 11) is 0. The number of rotatable bonds is 7. The van der Waals surface area contributed by atoms with E-state index in [2.05, 4.69) is 87.8 Å². The number of aliphatic imine (C=N–C) groups is 1. The maximum absolute atomic E-state index is 9.13. The Hall–Kier alpha value is -2.86. The van der Waals surface area contributed by atoms with E-state index in [-0.39, 0.29) is 0 Å². The molecule has 0 unspecified atom stereocenters. The molecular formula is C29H37N3. The van der Waals surface area contributed by atoms with E-state index in [1.54, 1.807) is 0 Å². The van der Waals surface area contributed by atoms with Gasteiger partial charge in [-0.1, -0.05) is 64.1 Å². The molecule has 1 fully saturated rings. The Morgan fingerprint density at radius 3 is 2.25 bits per heavy atom. The first-order valence-electron chi connectivity index (χ1n) is 11.6. The Labute approximate surface area is 194 Å². The number of aryl methyl sites for hydroxylation is 1. The van der Waals surface area contributed by atoms with Gasteiger partial charge in [-0.2, -0.15) is 5.26 Å². The van der Waals surface area contributed by atoms with Crippen molar-refractivity contribution in [2.24, 2.45) is 21.7 Å². The second-order valence-electron chi connectivity index (χ2n) is 11.0. The molecule has 0 atom stereocenters. The van der Waals surface area contributed by atoms with Crippen LogP contribution in [-0.4, -0.2) is 11.6 Å². The molecular weight excluding hydrogens is 390 g/mol. The molecule has 32 heavy (non-hydrogen) atoms. The molecule has 0 aliphatic heterocycles. The van der Waals surface area contributed by atoms with Crippen molar-refractivity contribution in [2.75, 3.05) is 0 Å². The van der Waals surface area contributed by atoms with Crippen LogP contribution in [0.1, 0.15) is 69.2 Å². The van der Waals surface area contributed by atoms with Crippen molar-refractivity contribution in [1.82, 2.24) is 4.90 Å². The maximum Gasteiger partial charge on any atom is 0.0991 e. The average molecular weight is 428 g/mol. The Kier molecular flexibility index (Phi) is 7.24. The lowest BCUT2D eigenvalue weighted by Crippen LogP contribution is -2.34. The molecule has 0 radical (unpaired) electrons. The number of benzene rings is 2. The van der Waals surface area contributed by atoms with Crippen LogP contribution in [0.2, 0.25) is 0 Å². The first-order chi connectivity index (χ1) is 15.1. The zero-order valence-corrected chi connectivity index (χ0v) is 20.4. The highest BCUT2D eigenvalue weighted by atomic mass is 15.1. The average Bonchev–Trinajstić information content (AvgIpc) is 2.71. The van der Waals surface area contributed by atoms with E-state index in [0.717, 1.165) is 31.6 Å². The molecule has 2 aromatic carbocycles. The predicted octanol–water partition coefficient (Wildman–Crippen LogP) is 7.26. The van der Waals surface area contributed by atoms with Crippen molar-refractivity contribution in [2.45, 2.75) is 67.0 Å². The number of nitriles is 1. The van der Waals surface area contributed by atoms with Gasteiger partial charge in [-0.3, -0.25) is 4.99 Å². The van der Waals surface area contributed by atoms with Crippen molar-refractivity contribution in [3.05, 3.63) is 82.7 Å². The molecule has 1 aliphatic rings. The van der Waals surface area contributed by atoms with Gasteiger partial charge >= 0.3 is 0 Å². The Balaban J connectivity index is 1.92. The molecule has 0 heterocycles. The molecule has 3 rings (SSSR count). The van der Waals surface area contributed by atoms with Crippen LogP contribution in [0.15, 0.2) is 65.4 Å². The topological polar surface area (TPSA) is 39.4 Å². The van der Waals surface area contributed by atoms with Crippen LogP contribution in [-0.2, 0) is 13.1 Å². The zero-order valence-electron chi connectivity index (χ0n) is 20.4. The summed E-state index contributed by atoms with van der Waals surface area (Å²) >= 11 is 0. The summed E-state index contributed by atoms with van der Waals surface area (Å²) in [6.07, 6.45) is 5.74. The quantitative estimate of drug-likeness (QED) is 0.436. The van der Waals surface area contributed by atoms with E-state index in [0.29, 0.717) is 22.3 Å². The van der Waals surface area contributed by atoms with E-state index in [1.807, 2.05) is 24.3 Å². The van der Waals surface area contributed by atoms with Gasteiger partial charge in [0, 0.05) is 25.2 Å². The second-order valence-corrected chi connectivity index (χ2v) is 11.0. The highest BCUT2D eigenvalue weighted by molar-refractivity contribution is 5.33. The smallest absolute Gasteiger partial charge is 0.0991 e. The van der Waals surface area contributed by atoms with Gasteiger partial charge in [0.25, 0.3) is 0 Å². The second kappa shape index (κ2) is 9.74. The molecule has 0 aromatic heterocycles. The van der Waals surface area contributed by atoms with Gasteiger partial charge in [0.15, 0.2) is 0 Å². The van der Waals surface area contributed by atoms with Crippen LogP contribution in [0.5, 0.6) is 0 Å². The molecule has 2 aromatic rings. The standard InChI is InChI=1S/C29H37N3/c1-22-9-7-8-10-25(22)19-32(18-24-13-11-23(17-30)12-14-24)20-27(31-6)26-15-28(2,3)21-29(4,5)16-26/h7-14,20,26H,6,15-16,18-19,21H2,1-5H3/b27-20-. The van der Waals surface area contributed by atoms with E-state index < -0.39 is 0 Å². The third-order valence-electron chi connectivity index (χ3n) is 6.57. The van der Waals surface area contributed by atoms with Crippen LogP contribution >= 0.6 is 0 Å². The molecule has 3 heteroatoms. The predicted molar refractivity (Wildman–Crippen MR) is 134 cm³/mol. The molecule has 1 saturated carbocycles. The minimum Gasteiger partial charge on any atom is -0.367 e. The Morgan fingerprint density at radius 2 is 1.69 bits per heavy atom. The summed E-state index contributed by atoms with van der Waals surface area (Å²) in [4.78, 5) is 6.89. The van der Waals surface area contributed by atoms with Crippen LogP contribution < -0.4 is 0 Å². The summed E-state index contributed by atoms with van der Waals surface area (Å²) in [5, 5.41) is 9.13. The molecule has 0 amide bonds. The van der Waals surface area contributed by atoms with Gasteiger partial charge in [0.1, 0.15) is 0 Å². The third kappa shape index (κ3) is 6.33. The van der Waals surface area contributed by atoms with E-state index >= 15 is 0 Å². The molecule has 3 nitrogen and oxygen atoms in total. The first kappa shape index (κ1) is 23.8. The van der Waals surface area contributed by atoms with Gasteiger partial charge in [-0.25, -0.2) is 0 Å². The van der Waals surface area contributed by atoms with Crippen molar-refractivity contribution >= 4 is 6.72 Å². The van der Waals surface area contributed by atoms with Gasteiger partial charge in [0.2, 0.25) is 0 Å². The third-order valence-corrected chi connectivity index (χ3v) is 6.57. The summed E-state index contributed by atoms with van der Waals surface area (Å²) in [6.45, 7) is 17.2. The SMILES string of the molecule is C=N/C(=C\N(Cc1ccc(C#N)cc1)Cc1ccccc1C)C1CC(C)(C)CC(C)(C)C1. The van der Waals surface area contributed by atoms with Crippen LogP contribution in [0.25, 0.3) is 0 Å². The fourth-order valence-corrected chi connectivity index (χ4v) is 5.59. The monoisotopic (exact) mass is 427 g/mol. The van der Waals surface area contributed by atoms with Crippen molar-refractivity contribution in [3.63, 3.8) is 0 Å². The summed E-state index contributed by atoms with van der Waals surface area (Å²) < 4.78 is 0. The molecule has 0 saturated heterocycles. The van der Waals surface area contributed by atoms with E-state index in [9.17, 15) is 0 Å². The molecule has 1 aliphatic carbocycles. The number of nitrogens with zero attached hydrogens (tertiary/aromatic N) is 3. The lowest BCUT2D eigenvalue weighted by Gasteiger charge is -2.45. The number of allylic oxidation sites excluding steroid dienone is 1. The van der Waals surface area contributed by atoms with E-state index in [4.69, 9.17) is 5.26 Å². The zero-order chi connectivity index (χ0) is 23.4. The van der Waals surface area contributed by atoms with Crippen LogP contribution in [0.4, 0.5) is 0 Å². The largest absolute Gasteiger partial charge is 0.367 e. The van der Waals surface area contributed by atoms with Gasteiger partial charge < -0.3 is 4.90 Å². The summed E-state index contributed by atoms with van der Waals surface area (Å²) in [5.74, 6) is 0.409. The molecule has 0 N–H and O–H groups in total. The van der Waals surface area contributed by atoms with Crippen LogP contribution in [0, 0.1) is 35.0 Å². The minimum absolute atomic E-state index is 0.296. The van der Waals surface area contributed by atoms with Gasteiger partial charge in [-0.05, 0) is 72.6 Å². The lowest BCUT2D eigenvalue weighted by atomic mass is 9.61. The summed E-state index contributed by atoms with van der Waals surface area (Å²) in [6, 6.07) is 18.6. The number of hydrogen-bond acceptors (Lipinski definition) is 3. The highest BCUT2D eigenvalue weighted by Crippen LogP contribution is 2.50. The molecule has 0 spiro atoms.